The van der Waals surface area contributed by atoms with Gasteiger partial charge in [0.1, 0.15) is 36.0 Å². The number of nitrogens with one attached hydrogen (secondary N) is 2. The highest BCUT2D eigenvalue weighted by Crippen LogP contribution is 2.69. The summed E-state index contributed by atoms with van der Waals surface area (Å²) in [6, 6.07) is 0.746. The number of carboxylic acids is 2. The molecule has 0 aromatic carbocycles. The molecule has 16 atom stereocenters. The number of carboxylic acid groups (broad SMARTS) is 2. The van der Waals surface area contributed by atoms with Crippen LogP contribution < -0.4 is 32.3 Å². The Balaban J connectivity index is 0.00000140. The number of ketones is 2. The summed E-state index contributed by atoms with van der Waals surface area (Å²) in [6.07, 6.45) is 8.98. The fraction of sp³-hybridized carbons (Fsp3) is 0.818. The van der Waals surface area contributed by atoms with Crippen molar-refractivity contribution in [1.82, 2.24) is 10.6 Å². The minimum Gasteiger partial charge on any atom is -0.550 e. The molecule has 534 valence electrons. The maximum Gasteiger partial charge on any atom is 0.416 e. The molecule has 8 rings (SSSR count). The van der Waals surface area contributed by atoms with Crippen molar-refractivity contribution in [2.24, 2.45) is 68.0 Å². The monoisotopic (exact) mass is 1320 g/mol. The van der Waals surface area contributed by atoms with Crippen LogP contribution in [0, 0.1) is 68.0 Å². The molecule has 0 radical (unpaired) electrons. The van der Waals surface area contributed by atoms with E-state index in [0.717, 1.165) is 133 Å². The molecule has 4 bridgehead atoms. The van der Waals surface area contributed by atoms with E-state index < -0.39 is 95.2 Å². The highest BCUT2D eigenvalue weighted by molar-refractivity contribution is 5.89. The highest BCUT2D eigenvalue weighted by atomic mass is 16.6. The van der Waals surface area contributed by atoms with E-state index in [4.69, 9.17) is 49.6 Å². The van der Waals surface area contributed by atoms with E-state index in [0.29, 0.717) is 37.8 Å². The minimum absolute atomic E-state index is 0.0954. The van der Waals surface area contributed by atoms with Crippen LogP contribution in [0.1, 0.15) is 184 Å². The van der Waals surface area contributed by atoms with E-state index in [1.165, 1.54) is 0 Å². The van der Waals surface area contributed by atoms with Gasteiger partial charge in [-0.3, -0.25) is 9.59 Å². The number of aliphatic hydroxyl groups is 8. The SMILES string of the molecule is C=C[C@]1(C)C[C@@H](OC(=O)NC(=O)OC2CCC([NH3+])CC2)[C@]2(C)[C@H](C)CC[C@]3(CCC(=O)[C@H]32)[C@@H](C)[C@@H]1O.C=C[C@]1(C)C[C@@H](OC(=O)NC(=O)OC2CCC([NH3+])CC2)[C@]2(C)[C@H](C)CC[C@]3(CCC(=O)[C@H]32)[C@@H](C)[C@@H]1O.CO.CO.CO.CO.CO.CO.O=C([O-])CCC(=O)[O-]. The summed E-state index contributed by atoms with van der Waals surface area (Å²) in [4.78, 5) is 96.9. The number of carbonyl (C=O) groups is 8. The molecule has 8 saturated carbocycles. The van der Waals surface area contributed by atoms with Crippen molar-refractivity contribution in [3.8, 4) is 0 Å². The molecule has 26 nitrogen and oxygen atoms in total. The van der Waals surface area contributed by atoms with Crippen molar-refractivity contribution in [3.63, 3.8) is 0 Å². The quantitative estimate of drug-likeness (QED) is 0.116. The Labute approximate surface area is 545 Å². The molecule has 16 N–H and O–H groups in total. The molecule has 0 aliphatic heterocycles. The van der Waals surface area contributed by atoms with Crippen molar-refractivity contribution in [2.75, 3.05) is 42.7 Å². The van der Waals surface area contributed by atoms with Gasteiger partial charge in [0.2, 0.25) is 0 Å². The van der Waals surface area contributed by atoms with Gasteiger partial charge in [0.25, 0.3) is 0 Å². The number of imide groups is 2. The Kier molecular flexibility index (Phi) is 37.4. The molecule has 0 aromatic heterocycles. The Bertz CT molecular complexity index is 2190. The van der Waals surface area contributed by atoms with Crippen molar-refractivity contribution in [2.45, 2.75) is 233 Å². The summed E-state index contributed by atoms with van der Waals surface area (Å²) in [5.41, 5.74) is 4.73. The van der Waals surface area contributed by atoms with Gasteiger partial charge in [-0.25, -0.2) is 29.8 Å². The minimum atomic E-state index is -1.37. The Hall–Kier alpha value is -5.16. The van der Waals surface area contributed by atoms with Crippen molar-refractivity contribution >= 4 is 47.9 Å². The molecule has 8 aliphatic carbocycles. The van der Waals surface area contributed by atoms with Crippen LogP contribution in [0.2, 0.25) is 0 Å². The molecule has 0 saturated heterocycles. The van der Waals surface area contributed by atoms with Crippen LogP contribution >= 0.6 is 0 Å². The average molecular weight is 1320 g/mol. The number of aliphatic carboxylic acids is 2. The number of aliphatic hydroxyl groups excluding tert-OH is 8. The third-order valence-electron chi connectivity index (χ3n) is 22.2. The van der Waals surface area contributed by atoms with E-state index in [1.54, 1.807) is 12.2 Å². The highest BCUT2D eigenvalue weighted by Gasteiger charge is 2.70. The number of Topliss-reactive ketones (excluding diaryl/α,β-unsaturated/α-hetero) is 2. The zero-order chi connectivity index (χ0) is 71.5. The van der Waals surface area contributed by atoms with Crippen LogP contribution in [0.25, 0.3) is 0 Å². The van der Waals surface area contributed by atoms with Gasteiger partial charge in [0, 0.05) is 127 Å². The van der Waals surface area contributed by atoms with Crippen LogP contribution in [-0.4, -0.2) is 180 Å². The Morgan fingerprint density at radius 1 is 0.489 bits per heavy atom. The second-order valence-electron chi connectivity index (χ2n) is 26.5. The normalized spacial score (nSPS) is 37.6. The van der Waals surface area contributed by atoms with E-state index >= 15 is 0 Å². The predicted molar refractivity (Wildman–Crippen MR) is 335 cm³/mol. The summed E-state index contributed by atoms with van der Waals surface area (Å²) < 4.78 is 23.0. The second kappa shape index (κ2) is 39.6. The number of hydrogen-bond donors (Lipinski definition) is 12. The van der Waals surface area contributed by atoms with Gasteiger partial charge in [0.15, 0.2) is 0 Å². The maximum absolute atomic E-state index is 13.4. The third kappa shape index (κ3) is 20.2. The Morgan fingerprint density at radius 3 is 1.02 bits per heavy atom. The molecular formula is C66H118N4O22. The van der Waals surface area contributed by atoms with E-state index in [2.05, 4.69) is 76.8 Å². The average Bonchev–Trinajstić information content (AvgIpc) is 1.38. The zero-order valence-electron chi connectivity index (χ0n) is 57.5. The summed E-state index contributed by atoms with van der Waals surface area (Å²) in [7, 11) is 6.00. The molecule has 0 unspecified atom stereocenters. The largest absolute Gasteiger partial charge is 0.550 e. The molecule has 8 aliphatic rings. The van der Waals surface area contributed by atoms with Crippen molar-refractivity contribution in [1.29, 1.82) is 0 Å². The number of quaternary nitrogens is 2. The number of carbonyl (C=O) groups excluding carboxylic acids is 8. The lowest BCUT2D eigenvalue weighted by Gasteiger charge is -2.61. The first kappa shape index (κ1) is 86.8. The van der Waals surface area contributed by atoms with Gasteiger partial charge < -0.3 is 91.1 Å². The summed E-state index contributed by atoms with van der Waals surface area (Å²) >= 11 is 0. The number of alkyl carbamates (subject to hydrolysis) is 4. The smallest absolute Gasteiger partial charge is 0.416 e. The van der Waals surface area contributed by atoms with Gasteiger partial charge in [-0.2, -0.15) is 0 Å². The summed E-state index contributed by atoms with van der Waals surface area (Å²) in [5, 5.41) is 88.7. The molecule has 8 fully saturated rings. The number of hydrogen-bond acceptors (Lipinski definition) is 22. The molecule has 0 spiro atoms. The second-order valence-corrected chi connectivity index (χ2v) is 26.5. The van der Waals surface area contributed by atoms with Gasteiger partial charge >= 0.3 is 24.4 Å². The lowest BCUT2D eigenvalue weighted by molar-refractivity contribution is -0.427. The van der Waals surface area contributed by atoms with E-state index in [-0.39, 0.29) is 70.1 Å². The molecule has 0 heterocycles. The van der Waals surface area contributed by atoms with Gasteiger partial charge in [-0.05, 0) is 124 Å². The molecule has 92 heavy (non-hydrogen) atoms. The van der Waals surface area contributed by atoms with Crippen LogP contribution in [-0.2, 0) is 38.1 Å². The fourth-order valence-electron chi connectivity index (χ4n) is 16.6. The first-order valence-corrected chi connectivity index (χ1v) is 32.2. The van der Waals surface area contributed by atoms with Gasteiger partial charge in [0.05, 0.1) is 24.3 Å². The maximum atomic E-state index is 13.4. The third-order valence-corrected chi connectivity index (χ3v) is 22.2. The molecule has 4 amide bonds. The Morgan fingerprint density at radius 2 is 0.761 bits per heavy atom. The van der Waals surface area contributed by atoms with Crippen LogP contribution in [0.4, 0.5) is 19.2 Å². The molecular weight excluding hydrogens is 1200 g/mol. The van der Waals surface area contributed by atoms with Crippen molar-refractivity contribution < 1.29 is 120 Å². The topological polar surface area (TPSA) is 461 Å². The van der Waals surface area contributed by atoms with Crippen LogP contribution in [0.5, 0.6) is 0 Å². The lowest BCUT2D eigenvalue weighted by atomic mass is 9.44. The van der Waals surface area contributed by atoms with Gasteiger partial charge in [-0.1, -0.05) is 67.5 Å². The number of amides is 4. The molecule has 26 heteroatoms. The zero-order valence-corrected chi connectivity index (χ0v) is 57.5. The first-order valence-electron chi connectivity index (χ1n) is 32.2. The predicted octanol–water partition coefficient (Wildman–Crippen LogP) is 2.45. The fourth-order valence-corrected chi connectivity index (χ4v) is 16.6. The molecule has 0 aromatic rings. The number of ether oxygens (including phenoxy) is 4. The number of rotatable bonds is 9. The lowest BCUT2D eigenvalue weighted by Crippen LogP contribution is -2.63. The van der Waals surface area contributed by atoms with E-state index in [9.17, 15) is 58.8 Å². The first-order chi connectivity index (χ1) is 43.4. The van der Waals surface area contributed by atoms with Crippen LogP contribution in [0.3, 0.4) is 0 Å². The summed E-state index contributed by atoms with van der Waals surface area (Å²) in [6.45, 7) is 24.5. The summed E-state index contributed by atoms with van der Waals surface area (Å²) in [5.74, 6) is -2.91. The van der Waals surface area contributed by atoms with E-state index in [1.807, 2.05) is 13.8 Å². The van der Waals surface area contributed by atoms with Gasteiger partial charge in [-0.15, -0.1) is 13.2 Å². The van der Waals surface area contributed by atoms with Crippen molar-refractivity contribution in [3.05, 3.63) is 25.3 Å². The standard InChI is InChI=1S/2C28H44N2O6.C4H6O4.6CH4O/c2*1-6-26(4)15-21(36-25(34)30-24(33)35-19-9-7-18(29)8-10-19)27(5)16(2)11-13-28(17(3)23(26)32)14-12-20(31)22(27)28;5-3(6)1-2-4(7)8;6*1-2/h2*6,16-19,21-23,32H,1,7-15,29H2,2-5H3,(H,30,33,34);1-2H2,(H,5,6)(H,7,8);6*2H,1H3/t2*16-,17+,18?,19?,21-,22+,23+,26-,27+,28+;;;;;;;/m11......./s1. The van der Waals surface area contributed by atoms with Crippen LogP contribution in [0.15, 0.2) is 25.3 Å².